The smallest absolute Gasteiger partial charge is 0.251 e. The molecule has 0 aliphatic rings. The number of benzene rings is 2. The van der Waals surface area contributed by atoms with E-state index in [-0.39, 0.29) is 11.9 Å². The highest BCUT2D eigenvalue weighted by atomic mass is 32.2. The third-order valence-corrected chi connectivity index (χ3v) is 5.72. The molecule has 1 N–H and O–H groups in total. The molecule has 0 aliphatic carbocycles. The number of allylic oxidation sites excluding steroid dienone is 1. The highest BCUT2D eigenvalue weighted by molar-refractivity contribution is 7.99. The third-order valence-electron chi connectivity index (χ3n) is 4.79. The van der Waals surface area contributed by atoms with Crippen LogP contribution in [0.1, 0.15) is 29.1 Å². The Labute approximate surface area is 198 Å². The molecule has 3 aromatic rings. The van der Waals surface area contributed by atoms with E-state index in [4.69, 9.17) is 14.2 Å². The average Bonchev–Trinajstić information content (AvgIpc) is 3.24. The lowest BCUT2D eigenvalue weighted by molar-refractivity contribution is 0.0937. The van der Waals surface area contributed by atoms with Crippen molar-refractivity contribution in [1.82, 2.24) is 20.1 Å². The van der Waals surface area contributed by atoms with Gasteiger partial charge in [-0.2, -0.15) is 0 Å². The number of carbonyl (C=O) groups excluding carboxylic acids is 1. The van der Waals surface area contributed by atoms with E-state index in [2.05, 4.69) is 22.1 Å². The fourth-order valence-corrected chi connectivity index (χ4v) is 3.91. The molecule has 2 aromatic carbocycles. The molecule has 0 saturated heterocycles. The van der Waals surface area contributed by atoms with Gasteiger partial charge in [0.05, 0.1) is 26.9 Å². The normalized spacial score (nSPS) is 11.5. The Morgan fingerprint density at radius 3 is 2.52 bits per heavy atom. The number of aromatic nitrogens is 3. The van der Waals surface area contributed by atoms with E-state index in [0.29, 0.717) is 47.5 Å². The molecule has 9 heteroatoms. The lowest BCUT2D eigenvalue weighted by Crippen LogP contribution is -2.28. The maximum absolute atomic E-state index is 12.6. The van der Waals surface area contributed by atoms with Gasteiger partial charge < -0.3 is 24.1 Å². The van der Waals surface area contributed by atoms with Gasteiger partial charge in [0.1, 0.15) is 5.75 Å². The molecule has 1 aromatic heterocycles. The fourth-order valence-electron chi connectivity index (χ4n) is 3.14. The van der Waals surface area contributed by atoms with Crippen LogP contribution in [0.15, 0.2) is 66.3 Å². The molecular formula is C24H28N4O4S. The van der Waals surface area contributed by atoms with E-state index in [1.54, 1.807) is 44.6 Å². The van der Waals surface area contributed by atoms with E-state index < -0.39 is 0 Å². The molecule has 1 amide bonds. The van der Waals surface area contributed by atoms with Crippen molar-refractivity contribution in [3.63, 3.8) is 0 Å². The molecule has 0 fully saturated rings. The molecule has 0 saturated carbocycles. The SMILES string of the molecule is C=CCn1c(SCCOc2ccccc2OC)nnc1C(C)NC(=O)c1ccc(OC)cc1. The first kappa shape index (κ1) is 24.2. The number of thioether (sulfide) groups is 1. The summed E-state index contributed by atoms with van der Waals surface area (Å²) in [6.07, 6.45) is 1.78. The van der Waals surface area contributed by atoms with Gasteiger partial charge in [0.25, 0.3) is 5.91 Å². The number of methoxy groups -OCH3 is 2. The summed E-state index contributed by atoms with van der Waals surface area (Å²) < 4.78 is 18.2. The zero-order chi connectivity index (χ0) is 23.6. The van der Waals surface area contributed by atoms with E-state index in [1.165, 1.54) is 11.8 Å². The molecule has 33 heavy (non-hydrogen) atoms. The first-order valence-electron chi connectivity index (χ1n) is 10.4. The van der Waals surface area contributed by atoms with E-state index >= 15 is 0 Å². The van der Waals surface area contributed by atoms with Crippen LogP contribution in [0.3, 0.4) is 0 Å². The van der Waals surface area contributed by atoms with Crippen molar-refractivity contribution >= 4 is 17.7 Å². The quantitative estimate of drug-likeness (QED) is 0.243. The minimum Gasteiger partial charge on any atom is -0.497 e. The fraction of sp³-hybridized carbons (Fsp3) is 0.292. The molecule has 0 aliphatic heterocycles. The summed E-state index contributed by atoms with van der Waals surface area (Å²) in [5, 5.41) is 12.4. The number of rotatable bonds is 12. The molecule has 0 spiro atoms. The molecule has 1 atom stereocenters. The maximum Gasteiger partial charge on any atom is 0.251 e. The zero-order valence-corrected chi connectivity index (χ0v) is 19.8. The van der Waals surface area contributed by atoms with Crippen molar-refractivity contribution in [1.29, 1.82) is 0 Å². The van der Waals surface area contributed by atoms with Gasteiger partial charge in [-0.05, 0) is 43.3 Å². The van der Waals surface area contributed by atoms with Crippen molar-refractivity contribution in [2.24, 2.45) is 0 Å². The molecule has 174 valence electrons. The van der Waals surface area contributed by atoms with Crippen molar-refractivity contribution in [3.8, 4) is 17.2 Å². The summed E-state index contributed by atoms with van der Waals surface area (Å²) in [5.41, 5.74) is 0.542. The summed E-state index contributed by atoms with van der Waals surface area (Å²) in [5.74, 6) is 3.22. The Kier molecular flexibility index (Phi) is 8.77. The van der Waals surface area contributed by atoms with Gasteiger partial charge >= 0.3 is 0 Å². The molecule has 8 nitrogen and oxygen atoms in total. The van der Waals surface area contributed by atoms with Gasteiger partial charge in [-0.15, -0.1) is 16.8 Å². The van der Waals surface area contributed by atoms with Crippen LogP contribution in [-0.2, 0) is 6.54 Å². The first-order valence-corrected chi connectivity index (χ1v) is 11.4. The van der Waals surface area contributed by atoms with Crippen LogP contribution < -0.4 is 19.5 Å². The predicted molar refractivity (Wildman–Crippen MR) is 128 cm³/mol. The molecule has 3 rings (SSSR count). The monoisotopic (exact) mass is 468 g/mol. The highest BCUT2D eigenvalue weighted by Gasteiger charge is 2.20. The van der Waals surface area contributed by atoms with E-state index in [9.17, 15) is 4.79 Å². The number of ether oxygens (including phenoxy) is 3. The van der Waals surface area contributed by atoms with Crippen LogP contribution in [0.5, 0.6) is 17.2 Å². The summed E-state index contributed by atoms with van der Waals surface area (Å²) in [4.78, 5) is 12.6. The number of nitrogens with one attached hydrogen (secondary N) is 1. The second kappa shape index (κ2) is 12.0. The van der Waals surface area contributed by atoms with E-state index in [1.807, 2.05) is 35.8 Å². The summed E-state index contributed by atoms with van der Waals surface area (Å²) in [6.45, 7) is 6.72. The lowest BCUT2D eigenvalue weighted by atomic mass is 10.2. The number of carbonyl (C=O) groups is 1. The molecule has 1 unspecified atom stereocenters. The summed E-state index contributed by atoms with van der Waals surface area (Å²) in [7, 11) is 3.20. The van der Waals surface area contributed by atoms with Crippen molar-refractivity contribution in [3.05, 3.63) is 72.6 Å². The lowest BCUT2D eigenvalue weighted by Gasteiger charge is -2.15. The number of para-hydroxylation sites is 2. The number of nitrogens with zero attached hydrogens (tertiary/aromatic N) is 3. The van der Waals surface area contributed by atoms with Crippen LogP contribution in [0.25, 0.3) is 0 Å². The highest BCUT2D eigenvalue weighted by Crippen LogP contribution is 2.27. The first-order chi connectivity index (χ1) is 16.1. The zero-order valence-electron chi connectivity index (χ0n) is 19.0. The standard InChI is InChI=1S/C24H28N4O4S/c1-5-14-28-22(17(2)25-23(29)18-10-12-19(30-3)13-11-18)26-27-24(28)33-16-15-32-21-9-7-6-8-20(21)31-4/h5-13,17H,1,14-16H2,2-4H3,(H,25,29). The van der Waals surface area contributed by atoms with E-state index in [0.717, 1.165) is 5.16 Å². The Hall–Kier alpha value is -3.46. The second-order valence-corrected chi connectivity index (χ2v) is 8.07. The Balaban J connectivity index is 1.61. The number of amides is 1. The van der Waals surface area contributed by atoms with Crippen molar-refractivity contribution in [2.45, 2.75) is 24.7 Å². The Bertz CT molecular complexity index is 1070. The molecule has 1 heterocycles. The van der Waals surface area contributed by atoms with Gasteiger partial charge in [-0.1, -0.05) is 30.0 Å². The van der Waals surface area contributed by atoms with Crippen LogP contribution in [0.2, 0.25) is 0 Å². The Morgan fingerprint density at radius 1 is 1.12 bits per heavy atom. The second-order valence-electron chi connectivity index (χ2n) is 7.01. The van der Waals surface area contributed by atoms with Gasteiger partial charge in [0, 0.05) is 17.9 Å². The third kappa shape index (κ3) is 6.29. The number of hydrogen-bond acceptors (Lipinski definition) is 7. The van der Waals surface area contributed by atoms with Crippen molar-refractivity contribution in [2.75, 3.05) is 26.6 Å². The minimum absolute atomic E-state index is 0.197. The average molecular weight is 469 g/mol. The minimum atomic E-state index is -0.341. The van der Waals surface area contributed by atoms with Crippen molar-refractivity contribution < 1.29 is 19.0 Å². The van der Waals surface area contributed by atoms with Gasteiger partial charge in [-0.25, -0.2) is 0 Å². The Morgan fingerprint density at radius 2 is 1.85 bits per heavy atom. The molecular weight excluding hydrogens is 440 g/mol. The van der Waals surface area contributed by atoms with Crippen LogP contribution in [0.4, 0.5) is 0 Å². The van der Waals surface area contributed by atoms with Gasteiger partial charge in [0.15, 0.2) is 22.5 Å². The predicted octanol–water partition coefficient (Wildman–Crippen LogP) is 4.14. The van der Waals surface area contributed by atoms with Gasteiger partial charge in [-0.3, -0.25) is 4.79 Å². The summed E-state index contributed by atoms with van der Waals surface area (Å²) >= 11 is 1.53. The summed E-state index contributed by atoms with van der Waals surface area (Å²) in [6, 6.07) is 14.1. The topological polar surface area (TPSA) is 87.5 Å². The molecule has 0 radical (unpaired) electrons. The maximum atomic E-state index is 12.6. The van der Waals surface area contributed by atoms with Crippen LogP contribution in [-0.4, -0.2) is 47.3 Å². The molecule has 0 bridgehead atoms. The van der Waals surface area contributed by atoms with Crippen LogP contribution in [0, 0.1) is 0 Å². The van der Waals surface area contributed by atoms with Gasteiger partial charge in [0.2, 0.25) is 0 Å². The number of hydrogen-bond donors (Lipinski definition) is 1. The largest absolute Gasteiger partial charge is 0.497 e. The van der Waals surface area contributed by atoms with Crippen LogP contribution >= 0.6 is 11.8 Å².